The highest BCUT2D eigenvalue weighted by Crippen LogP contribution is 2.17. The van der Waals surface area contributed by atoms with Gasteiger partial charge in [-0.3, -0.25) is 10.1 Å². The van der Waals surface area contributed by atoms with E-state index in [-0.39, 0.29) is 5.69 Å². The first-order valence-electron chi connectivity index (χ1n) is 5.94. The molecule has 0 aliphatic carbocycles. The lowest BCUT2D eigenvalue weighted by molar-refractivity contribution is -0.384. The first-order valence-corrected chi connectivity index (χ1v) is 6.34. The second-order valence-corrected chi connectivity index (χ2v) is 4.66. The number of thiocarbonyl (C=S) groups is 1. The summed E-state index contributed by atoms with van der Waals surface area (Å²) < 4.78 is 0. The molecule has 0 saturated heterocycles. The molecule has 0 aliphatic rings. The molecular formula is C14H13N3O2S. The molecule has 0 heterocycles. The summed E-state index contributed by atoms with van der Waals surface area (Å²) >= 11 is 5.17. The number of rotatable bonds is 3. The quantitative estimate of drug-likeness (QED) is 0.511. The molecule has 0 amide bonds. The van der Waals surface area contributed by atoms with Crippen molar-refractivity contribution in [3.8, 4) is 0 Å². The van der Waals surface area contributed by atoms with E-state index in [1.807, 2.05) is 31.2 Å². The number of benzene rings is 2. The molecule has 0 aromatic heterocycles. The number of nitro benzene ring substituents is 1. The Kier molecular flexibility index (Phi) is 4.27. The van der Waals surface area contributed by atoms with E-state index >= 15 is 0 Å². The number of aryl methyl sites for hydroxylation is 1. The predicted molar refractivity (Wildman–Crippen MR) is 84.1 cm³/mol. The van der Waals surface area contributed by atoms with Gasteiger partial charge in [-0.1, -0.05) is 23.8 Å². The van der Waals surface area contributed by atoms with Gasteiger partial charge in [-0.05, 0) is 37.3 Å². The molecule has 0 saturated carbocycles. The Balaban J connectivity index is 2.02. The molecule has 102 valence electrons. The summed E-state index contributed by atoms with van der Waals surface area (Å²) in [7, 11) is 0. The monoisotopic (exact) mass is 287 g/mol. The Morgan fingerprint density at radius 2 is 1.75 bits per heavy atom. The van der Waals surface area contributed by atoms with Crippen LogP contribution in [0.25, 0.3) is 0 Å². The minimum Gasteiger partial charge on any atom is -0.332 e. The highest BCUT2D eigenvalue weighted by molar-refractivity contribution is 7.80. The first-order chi connectivity index (χ1) is 9.54. The van der Waals surface area contributed by atoms with Crippen LogP contribution in [0.1, 0.15) is 5.56 Å². The number of nitrogens with one attached hydrogen (secondary N) is 2. The number of anilines is 2. The molecule has 0 unspecified atom stereocenters. The smallest absolute Gasteiger partial charge is 0.271 e. The van der Waals surface area contributed by atoms with Crippen molar-refractivity contribution in [3.05, 3.63) is 64.2 Å². The van der Waals surface area contributed by atoms with E-state index < -0.39 is 4.92 Å². The van der Waals surface area contributed by atoms with Crippen LogP contribution in [0, 0.1) is 17.0 Å². The van der Waals surface area contributed by atoms with Crippen molar-refractivity contribution in [1.82, 2.24) is 0 Å². The second kappa shape index (κ2) is 6.12. The van der Waals surface area contributed by atoms with Crippen molar-refractivity contribution < 1.29 is 4.92 Å². The normalized spacial score (nSPS) is 9.85. The van der Waals surface area contributed by atoms with Crippen LogP contribution >= 0.6 is 12.2 Å². The molecule has 0 spiro atoms. The second-order valence-electron chi connectivity index (χ2n) is 4.25. The Morgan fingerprint density at radius 1 is 1.10 bits per heavy atom. The number of hydrogen-bond donors (Lipinski definition) is 2. The van der Waals surface area contributed by atoms with Gasteiger partial charge in [0.25, 0.3) is 5.69 Å². The van der Waals surface area contributed by atoms with Crippen LogP contribution in [-0.2, 0) is 0 Å². The third-order valence-corrected chi connectivity index (χ3v) is 2.83. The number of non-ortho nitro benzene ring substituents is 1. The number of nitrogens with zero attached hydrogens (tertiary/aromatic N) is 1. The van der Waals surface area contributed by atoms with Gasteiger partial charge in [-0.15, -0.1) is 0 Å². The lowest BCUT2D eigenvalue weighted by atomic mass is 10.2. The summed E-state index contributed by atoms with van der Waals surface area (Å²) in [6.45, 7) is 2.00. The predicted octanol–water partition coefficient (Wildman–Crippen LogP) is 3.71. The minimum atomic E-state index is -0.443. The molecule has 2 rings (SSSR count). The maximum Gasteiger partial charge on any atom is 0.271 e. The van der Waals surface area contributed by atoms with Gasteiger partial charge in [0, 0.05) is 23.5 Å². The lowest BCUT2D eigenvalue weighted by Gasteiger charge is -2.10. The highest BCUT2D eigenvalue weighted by Gasteiger charge is 2.06. The molecule has 0 bridgehead atoms. The molecule has 0 fully saturated rings. The Hall–Kier alpha value is -2.47. The zero-order valence-corrected chi connectivity index (χ0v) is 11.6. The zero-order valence-electron chi connectivity index (χ0n) is 10.8. The van der Waals surface area contributed by atoms with Crippen LogP contribution in [0.3, 0.4) is 0 Å². The van der Waals surface area contributed by atoms with E-state index in [1.54, 1.807) is 12.1 Å². The summed E-state index contributed by atoms with van der Waals surface area (Å²) in [6, 6.07) is 14.0. The van der Waals surface area contributed by atoms with Crippen LogP contribution in [0.5, 0.6) is 0 Å². The fourth-order valence-corrected chi connectivity index (χ4v) is 1.86. The van der Waals surface area contributed by atoms with Gasteiger partial charge in [0.1, 0.15) is 0 Å². The van der Waals surface area contributed by atoms with Crippen LogP contribution in [0.15, 0.2) is 48.5 Å². The number of nitro groups is 1. The maximum atomic E-state index is 10.7. The maximum absolute atomic E-state index is 10.7. The van der Waals surface area contributed by atoms with Gasteiger partial charge in [0.2, 0.25) is 0 Å². The molecule has 5 nitrogen and oxygen atoms in total. The average Bonchev–Trinajstić information content (AvgIpc) is 2.41. The van der Waals surface area contributed by atoms with Crippen LogP contribution in [0.4, 0.5) is 17.1 Å². The summed E-state index contributed by atoms with van der Waals surface area (Å²) in [5.41, 5.74) is 2.61. The van der Waals surface area contributed by atoms with Crippen molar-refractivity contribution in [3.63, 3.8) is 0 Å². The average molecular weight is 287 g/mol. The lowest BCUT2D eigenvalue weighted by Crippen LogP contribution is -2.19. The van der Waals surface area contributed by atoms with Gasteiger partial charge in [0.05, 0.1) is 4.92 Å². The largest absolute Gasteiger partial charge is 0.332 e. The molecule has 20 heavy (non-hydrogen) atoms. The fourth-order valence-electron chi connectivity index (χ4n) is 1.63. The van der Waals surface area contributed by atoms with Crippen LogP contribution in [-0.4, -0.2) is 10.0 Å². The minimum absolute atomic E-state index is 0.0214. The van der Waals surface area contributed by atoms with Crippen molar-refractivity contribution >= 4 is 34.4 Å². The molecule has 6 heteroatoms. The van der Waals surface area contributed by atoms with Crippen molar-refractivity contribution in [2.75, 3.05) is 10.6 Å². The molecule has 2 aromatic rings. The topological polar surface area (TPSA) is 67.2 Å². The Morgan fingerprint density at radius 3 is 2.40 bits per heavy atom. The van der Waals surface area contributed by atoms with Crippen molar-refractivity contribution in [2.24, 2.45) is 0 Å². The first kappa shape index (κ1) is 14.0. The molecule has 2 aromatic carbocycles. The third-order valence-electron chi connectivity index (χ3n) is 2.62. The van der Waals surface area contributed by atoms with Crippen molar-refractivity contribution in [1.29, 1.82) is 0 Å². The summed E-state index contributed by atoms with van der Waals surface area (Å²) in [5, 5.41) is 17.0. The Bertz CT molecular complexity index is 641. The molecular weight excluding hydrogens is 274 g/mol. The van der Waals surface area contributed by atoms with Gasteiger partial charge >= 0.3 is 0 Å². The summed E-state index contributed by atoms with van der Waals surface area (Å²) in [6.07, 6.45) is 0. The zero-order chi connectivity index (χ0) is 14.5. The van der Waals surface area contributed by atoms with Crippen molar-refractivity contribution in [2.45, 2.75) is 6.92 Å². The standard InChI is InChI=1S/C14H13N3O2S/c1-10-5-7-11(8-6-10)15-14(20)16-12-3-2-4-13(9-12)17(18)19/h2-9H,1H3,(H2,15,16,20). The van der Waals surface area contributed by atoms with E-state index in [9.17, 15) is 10.1 Å². The van der Waals surface area contributed by atoms with E-state index in [4.69, 9.17) is 12.2 Å². The van der Waals surface area contributed by atoms with Gasteiger partial charge < -0.3 is 10.6 Å². The van der Waals surface area contributed by atoms with Crippen LogP contribution in [0.2, 0.25) is 0 Å². The van der Waals surface area contributed by atoms with Crippen LogP contribution < -0.4 is 10.6 Å². The third kappa shape index (κ3) is 3.76. The van der Waals surface area contributed by atoms with E-state index in [0.717, 1.165) is 11.3 Å². The molecule has 0 atom stereocenters. The number of hydrogen-bond acceptors (Lipinski definition) is 3. The highest BCUT2D eigenvalue weighted by atomic mass is 32.1. The summed E-state index contributed by atoms with van der Waals surface area (Å²) in [5.74, 6) is 0. The van der Waals surface area contributed by atoms with E-state index in [0.29, 0.717) is 10.8 Å². The van der Waals surface area contributed by atoms with Gasteiger partial charge in [0.15, 0.2) is 5.11 Å². The molecule has 0 aliphatic heterocycles. The summed E-state index contributed by atoms with van der Waals surface area (Å²) in [4.78, 5) is 10.2. The molecule has 2 N–H and O–H groups in total. The fraction of sp³-hybridized carbons (Fsp3) is 0.0714. The van der Waals surface area contributed by atoms with E-state index in [1.165, 1.54) is 12.1 Å². The van der Waals surface area contributed by atoms with E-state index in [2.05, 4.69) is 10.6 Å². The molecule has 0 radical (unpaired) electrons. The Labute approximate surface area is 121 Å². The van der Waals surface area contributed by atoms with Gasteiger partial charge in [-0.25, -0.2) is 0 Å². The van der Waals surface area contributed by atoms with Gasteiger partial charge in [-0.2, -0.15) is 0 Å². The SMILES string of the molecule is Cc1ccc(NC(=S)Nc2cccc([N+](=O)[O-])c2)cc1.